The van der Waals surface area contributed by atoms with Crippen molar-refractivity contribution in [2.75, 3.05) is 5.32 Å². The van der Waals surface area contributed by atoms with E-state index in [1.165, 1.54) is 25.3 Å². The van der Waals surface area contributed by atoms with Crippen LogP contribution in [0.15, 0.2) is 59.2 Å². The standard InChI is InChI=1S/C18H15FN2O3/c1-12(22)20-16-7-2-3-8-17(16)23-10-15-11-24-18(21-15)13-5-4-6-14(19)9-13/h2-9,11H,10H2,1H3,(H,20,22). The van der Waals surface area contributed by atoms with Crippen molar-refractivity contribution in [3.05, 3.63) is 66.3 Å². The van der Waals surface area contributed by atoms with Gasteiger partial charge in [-0.15, -0.1) is 0 Å². The Bertz CT molecular complexity index is 861. The predicted molar refractivity (Wildman–Crippen MR) is 87.0 cm³/mol. The molecule has 0 saturated heterocycles. The van der Waals surface area contributed by atoms with Crippen LogP contribution in [0.2, 0.25) is 0 Å². The second kappa shape index (κ2) is 6.95. The van der Waals surface area contributed by atoms with Crippen molar-refractivity contribution in [3.8, 4) is 17.2 Å². The summed E-state index contributed by atoms with van der Waals surface area (Å²) in [4.78, 5) is 15.5. The van der Waals surface area contributed by atoms with Gasteiger partial charge in [-0.2, -0.15) is 0 Å². The second-order valence-electron chi connectivity index (χ2n) is 5.12. The molecule has 24 heavy (non-hydrogen) atoms. The zero-order chi connectivity index (χ0) is 16.9. The average molecular weight is 326 g/mol. The number of halogens is 1. The van der Waals surface area contributed by atoms with Crippen LogP contribution in [0.3, 0.4) is 0 Å². The fraction of sp³-hybridized carbons (Fsp3) is 0.111. The molecule has 0 aliphatic heterocycles. The van der Waals surface area contributed by atoms with E-state index in [0.29, 0.717) is 28.6 Å². The molecule has 0 spiro atoms. The Kier molecular flexibility index (Phi) is 4.56. The molecular formula is C18H15FN2O3. The van der Waals surface area contributed by atoms with Gasteiger partial charge in [-0.1, -0.05) is 18.2 Å². The summed E-state index contributed by atoms with van der Waals surface area (Å²) in [6.07, 6.45) is 1.46. The average Bonchev–Trinajstić information content (AvgIpc) is 3.02. The molecule has 0 saturated carbocycles. The van der Waals surface area contributed by atoms with Gasteiger partial charge in [0.2, 0.25) is 11.8 Å². The molecule has 0 fully saturated rings. The van der Waals surface area contributed by atoms with Crippen molar-refractivity contribution in [1.29, 1.82) is 0 Å². The first-order valence-corrected chi connectivity index (χ1v) is 7.31. The normalized spacial score (nSPS) is 10.4. The molecule has 1 heterocycles. The molecule has 1 aromatic heterocycles. The summed E-state index contributed by atoms with van der Waals surface area (Å²) in [7, 11) is 0. The van der Waals surface area contributed by atoms with Gasteiger partial charge in [0.1, 0.15) is 30.1 Å². The van der Waals surface area contributed by atoms with Crippen LogP contribution in [0.1, 0.15) is 12.6 Å². The minimum Gasteiger partial charge on any atom is -0.485 e. The number of oxazole rings is 1. The van der Waals surface area contributed by atoms with Crippen LogP contribution >= 0.6 is 0 Å². The first-order valence-electron chi connectivity index (χ1n) is 7.31. The fourth-order valence-electron chi connectivity index (χ4n) is 2.16. The van der Waals surface area contributed by atoms with Crippen LogP contribution in [-0.4, -0.2) is 10.9 Å². The number of aromatic nitrogens is 1. The Morgan fingerprint density at radius 3 is 2.88 bits per heavy atom. The third-order valence-corrected chi connectivity index (χ3v) is 3.20. The van der Waals surface area contributed by atoms with Crippen LogP contribution in [-0.2, 0) is 11.4 Å². The van der Waals surface area contributed by atoms with E-state index < -0.39 is 0 Å². The number of ether oxygens (including phenoxy) is 1. The highest BCUT2D eigenvalue weighted by molar-refractivity contribution is 5.90. The summed E-state index contributed by atoms with van der Waals surface area (Å²) in [6, 6.07) is 13.1. The number of carbonyl (C=O) groups is 1. The van der Waals surface area contributed by atoms with Crippen LogP contribution in [0.5, 0.6) is 5.75 Å². The van der Waals surface area contributed by atoms with E-state index in [1.807, 2.05) is 6.07 Å². The highest BCUT2D eigenvalue weighted by atomic mass is 19.1. The summed E-state index contributed by atoms with van der Waals surface area (Å²) >= 11 is 0. The number of carbonyl (C=O) groups excluding carboxylic acids is 1. The molecule has 1 amide bonds. The summed E-state index contributed by atoms with van der Waals surface area (Å²) in [5.41, 5.74) is 1.70. The number of nitrogens with one attached hydrogen (secondary N) is 1. The highest BCUT2D eigenvalue weighted by Crippen LogP contribution is 2.25. The lowest BCUT2D eigenvalue weighted by Gasteiger charge is -2.10. The van der Waals surface area contributed by atoms with Gasteiger partial charge in [0.05, 0.1) is 5.69 Å². The Morgan fingerprint density at radius 1 is 1.25 bits per heavy atom. The number of rotatable bonds is 5. The van der Waals surface area contributed by atoms with Gasteiger partial charge in [-0.05, 0) is 30.3 Å². The summed E-state index contributed by atoms with van der Waals surface area (Å²) < 4.78 is 24.3. The minimum atomic E-state index is -0.354. The largest absolute Gasteiger partial charge is 0.485 e. The lowest BCUT2D eigenvalue weighted by atomic mass is 10.2. The first kappa shape index (κ1) is 15.7. The number of benzene rings is 2. The summed E-state index contributed by atoms with van der Waals surface area (Å²) in [5, 5.41) is 2.70. The van der Waals surface area contributed by atoms with E-state index in [1.54, 1.807) is 30.3 Å². The summed E-state index contributed by atoms with van der Waals surface area (Å²) in [6.45, 7) is 1.59. The molecule has 5 nitrogen and oxygen atoms in total. The number of hydrogen-bond acceptors (Lipinski definition) is 4. The van der Waals surface area contributed by atoms with Gasteiger partial charge in [0.15, 0.2) is 0 Å². The first-order chi connectivity index (χ1) is 11.6. The molecule has 0 aliphatic rings. The van der Waals surface area contributed by atoms with Gasteiger partial charge in [0.25, 0.3) is 0 Å². The van der Waals surface area contributed by atoms with E-state index in [4.69, 9.17) is 9.15 Å². The van der Waals surface area contributed by atoms with Gasteiger partial charge < -0.3 is 14.5 Å². The van der Waals surface area contributed by atoms with Crippen molar-refractivity contribution in [3.63, 3.8) is 0 Å². The van der Waals surface area contributed by atoms with E-state index in [-0.39, 0.29) is 18.3 Å². The van der Waals surface area contributed by atoms with Crippen LogP contribution < -0.4 is 10.1 Å². The second-order valence-corrected chi connectivity index (χ2v) is 5.12. The molecule has 0 aliphatic carbocycles. The lowest BCUT2D eigenvalue weighted by molar-refractivity contribution is -0.114. The predicted octanol–water partition coefficient (Wildman–Crippen LogP) is 4.02. The Hall–Kier alpha value is -3.15. The Balaban J connectivity index is 1.71. The molecule has 3 aromatic rings. The van der Waals surface area contributed by atoms with Gasteiger partial charge in [0, 0.05) is 12.5 Å². The Morgan fingerprint density at radius 2 is 2.08 bits per heavy atom. The number of nitrogens with zero attached hydrogens (tertiary/aromatic N) is 1. The van der Waals surface area contributed by atoms with Crippen molar-refractivity contribution in [1.82, 2.24) is 4.98 Å². The number of amides is 1. The maximum absolute atomic E-state index is 13.2. The molecule has 1 N–H and O–H groups in total. The molecular weight excluding hydrogens is 311 g/mol. The maximum Gasteiger partial charge on any atom is 0.226 e. The van der Waals surface area contributed by atoms with E-state index in [9.17, 15) is 9.18 Å². The smallest absolute Gasteiger partial charge is 0.226 e. The molecule has 2 aromatic carbocycles. The molecule has 0 unspecified atom stereocenters. The van der Waals surface area contributed by atoms with Crippen LogP contribution in [0, 0.1) is 5.82 Å². The number of para-hydroxylation sites is 2. The molecule has 0 bridgehead atoms. The van der Waals surface area contributed by atoms with Gasteiger partial charge in [-0.25, -0.2) is 9.37 Å². The lowest BCUT2D eigenvalue weighted by Crippen LogP contribution is -2.07. The number of hydrogen-bond donors (Lipinski definition) is 1. The topological polar surface area (TPSA) is 64.4 Å². The molecule has 3 rings (SSSR count). The minimum absolute atomic E-state index is 0.162. The third-order valence-electron chi connectivity index (χ3n) is 3.20. The molecule has 6 heteroatoms. The van der Waals surface area contributed by atoms with Crippen molar-refractivity contribution < 1.29 is 18.3 Å². The van der Waals surface area contributed by atoms with Gasteiger partial charge >= 0.3 is 0 Å². The molecule has 0 radical (unpaired) electrons. The molecule has 122 valence electrons. The Labute approximate surface area is 138 Å². The third kappa shape index (κ3) is 3.78. The highest BCUT2D eigenvalue weighted by Gasteiger charge is 2.10. The van der Waals surface area contributed by atoms with Crippen LogP contribution in [0.25, 0.3) is 11.5 Å². The monoisotopic (exact) mass is 326 g/mol. The SMILES string of the molecule is CC(=O)Nc1ccccc1OCc1coc(-c2cccc(F)c2)n1. The zero-order valence-electron chi connectivity index (χ0n) is 13.0. The van der Waals surface area contributed by atoms with E-state index >= 15 is 0 Å². The fourth-order valence-corrected chi connectivity index (χ4v) is 2.16. The van der Waals surface area contributed by atoms with Crippen LogP contribution in [0.4, 0.5) is 10.1 Å². The zero-order valence-corrected chi connectivity index (χ0v) is 13.0. The van der Waals surface area contributed by atoms with E-state index in [0.717, 1.165) is 0 Å². The van der Waals surface area contributed by atoms with E-state index in [2.05, 4.69) is 10.3 Å². The maximum atomic E-state index is 13.2. The van der Waals surface area contributed by atoms with Crippen molar-refractivity contribution >= 4 is 11.6 Å². The molecule has 0 atom stereocenters. The quantitative estimate of drug-likeness (QED) is 0.769. The number of anilines is 1. The summed E-state index contributed by atoms with van der Waals surface area (Å²) in [5.74, 6) is 0.319. The van der Waals surface area contributed by atoms with Crippen molar-refractivity contribution in [2.45, 2.75) is 13.5 Å². The van der Waals surface area contributed by atoms with Gasteiger partial charge in [-0.3, -0.25) is 4.79 Å². The van der Waals surface area contributed by atoms with Crippen molar-refractivity contribution in [2.24, 2.45) is 0 Å².